The molecule has 0 spiro atoms. The van der Waals surface area contributed by atoms with Crippen molar-refractivity contribution in [3.63, 3.8) is 0 Å². The largest absolute Gasteiger partial charge is 0.396 e. The molecule has 1 heterocycles. The second kappa shape index (κ2) is 6.67. The number of benzene rings is 1. The number of nitriles is 1. The zero-order chi connectivity index (χ0) is 13.7. The number of likely N-dealkylation sites (tertiary alicyclic amines) is 1. The Morgan fingerprint density at radius 2 is 1.89 bits per heavy atom. The van der Waals surface area contributed by atoms with Crippen molar-refractivity contribution in [2.24, 2.45) is 5.92 Å². The maximum atomic E-state index is 10.2. The third kappa shape index (κ3) is 3.77. The van der Waals surface area contributed by atoms with Crippen molar-refractivity contribution < 1.29 is 10.2 Å². The van der Waals surface area contributed by atoms with Crippen LogP contribution in [0.1, 0.15) is 30.1 Å². The molecule has 2 N–H and O–H groups in total. The molecule has 1 unspecified atom stereocenters. The summed E-state index contributed by atoms with van der Waals surface area (Å²) < 4.78 is 0. The molecule has 0 saturated carbocycles. The van der Waals surface area contributed by atoms with Gasteiger partial charge in [0.2, 0.25) is 0 Å². The highest BCUT2D eigenvalue weighted by Crippen LogP contribution is 2.20. The summed E-state index contributed by atoms with van der Waals surface area (Å²) in [5.74, 6) is 0.420. The lowest BCUT2D eigenvalue weighted by atomic mass is 9.97. The van der Waals surface area contributed by atoms with Crippen LogP contribution in [0.3, 0.4) is 0 Å². The molecule has 1 saturated heterocycles. The summed E-state index contributed by atoms with van der Waals surface area (Å²) in [6.07, 6.45) is 1.48. The highest BCUT2D eigenvalue weighted by Gasteiger charge is 2.20. The molecular formula is C15H20N2O2. The predicted molar refractivity (Wildman–Crippen MR) is 72.4 cm³/mol. The summed E-state index contributed by atoms with van der Waals surface area (Å²) in [6.45, 7) is 2.74. The number of hydrogen-bond acceptors (Lipinski definition) is 4. The van der Waals surface area contributed by atoms with Gasteiger partial charge in [0.05, 0.1) is 17.7 Å². The van der Waals surface area contributed by atoms with Gasteiger partial charge < -0.3 is 15.1 Å². The Kier molecular flexibility index (Phi) is 4.92. The van der Waals surface area contributed by atoms with Gasteiger partial charge in [-0.1, -0.05) is 12.1 Å². The van der Waals surface area contributed by atoms with Gasteiger partial charge in [-0.05, 0) is 49.5 Å². The number of aliphatic hydroxyl groups is 2. The predicted octanol–water partition coefficient (Wildman–Crippen LogP) is 1.30. The van der Waals surface area contributed by atoms with Gasteiger partial charge in [0.1, 0.15) is 0 Å². The molecule has 4 nitrogen and oxygen atoms in total. The van der Waals surface area contributed by atoms with Gasteiger partial charge in [-0.25, -0.2) is 0 Å². The molecule has 0 radical (unpaired) electrons. The average Bonchev–Trinajstić information content (AvgIpc) is 2.48. The van der Waals surface area contributed by atoms with E-state index in [1.54, 1.807) is 12.1 Å². The monoisotopic (exact) mass is 260 g/mol. The Labute approximate surface area is 113 Å². The van der Waals surface area contributed by atoms with Gasteiger partial charge in [-0.15, -0.1) is 0 Å². The minimum Gasteiger partial charge on any atom is -0.396 e. The van der Waals surface area contributed by atoms with E-state index in [-0.39, 0.29) is 6.61 Å². The Balaban J connectivity index is 1.87. The number of nitrogens with zero attached hydrogens (tertiary/aromatic N) is 2. The van der Waals surface area contributed by atoms with E-state index in [1.807, 2.05) is 12.1 Å². The van der Waals surface area contributed by atoms with Crippen LogP contribution in [0.5, 0.6) is 0 Å². The molecule has 1 aliphatic rings. The van der Waals surface area contributed by atoms with Gasteiger partial charge in [0, 0.05) is 13.2 Å². The van der Waals surface area contributed by atoms with Gasteiger partial charge in [-0.2, -0.15) is 5.26 Å². The molecule has 19 heavy (non-hydrogen) atoms. The summed E-state index contributed by atoms with van der Waals surface area (Å²) >= 11 is 0. The molecule has 0 aliphatic carbocycles. The van der Waals surface area contributed by atoms with E-state index in [0.717, 1.165) is 31.5 Å². The number of aliphatic hydroxyl groups excluding tert-OH is 2. The zero-order valence-corrected chi connectivity index (χ0v) is 11.0. The summed E-state index contributed by atoms with van der Waals surface area (Å²) in [6, 6.07) is 9.15. The van der Waals surface area contributed by atoms with Crippen LogP contribution in [0, 0.1) is 17.2 Å². The number of rotatable bonds is 4. The first kappa shape index (κ1) is 14.0. The molecule has 1 aliphatic heterocycles. The number of hydrogen-bond donors (Lipinski definition) is 2. The first-order valence-corrected chi connectivity index (χ1v) is 6.74. The van der Waals surface area contributed by atoms with Crippen molar-refractivity contribution in [2.75, 3.05) is 26.2 Å². The Morgan fingerprint density at radius 1 is 1.26 bits per heavy atom. The second-order valence-electron chi connectivity index (χ2n) is 5.18. The summed E-state index contributed by atoms with van der Waals surface area (Å²) in [7, 11) is 0. The van der Waals surface area contributed by atoms with Crippen molar-refractivity contribution in [1.82, 2.24) is 4.90 Å². The lowest BCUT2D eigenvalue weighted by Gasteiger charge is -2.32. The fraction of sp³-hybridized carbons (Fsp3) is 0.533. The maximum absolute atomic E-state index is 10.2. The second-order valence-corrected chi connectivity index (χ2v) is 5.18. The Hall–Kier alpha value is -1.41. The molecule has 102 valence electrons. The molecule has 1 atom stereocenters. The van der Waals surface area contributed by atoms with Gasteiger partial charge in [-0.3, -0.25) is 0 Å². The van der Waals surface area contributed by atoms with Crippen LogP contribution < -0.4 is 0 Å². The maximum Gasteiger partial charge on any atom is 0.0991 e. The molecule has 1 fully saturated rings. The fourth-order valence-electron chi connectivity index (χ4n) is 2.48. The van der Waals surface area contributed by atoms with Crippen molar-refractivity contribution in [3.8, 4) is 6.07 Å². The topological polar surface area (TPSA) is 67.5 Å². The molecule has 0 aromatic heterocycles. The highest BCUT2D eigenvalue weighted by atomic mass is 16.3. The minimum atomic E-state index is -0.515. The Bertz CT molecular complexity index is 430. The first-order valence-electron chi connectivity index (χ1n) is 6.74. The highest BCUT2D eigenvalue weighted by molar-refractivity contribution is 5.32. The molecule has 2 rings (SSSR count). The standard InChI is InChI=1S/C15H20N2O2/c16-9-12-1-3-14(4-2-12)15(19)10-17-7-5-13(11-18)6-8-17/h1-4,13,15,18-19H,5-8,10-11H2. The van der Waals surface area contributed by atoms with Crippen LogP contribution in [0.25, 0.3) is 0 Å². The molecule has 1 aromatic carbocycles. The van der Waals surface area contributed by atoms with Crippen LogP contribution in [0.4, 0.5) is 0 Å². The molecule has 0 bridgehead atoms. The van der Waals surface area contributed by atoms with Crippen molar-refractivity contribution >= 4 is 0 Å². The van der Waals surface area contributed by atoms with Crippen molar-refractivity contribution in [3.05, 3.63) is 35.4 Å². The molecule has 0 amide bonds. The van der Waals surface area contributed by atoms with Crippen LogP contribution in [-0.4, -0.2) is 41.4 Å². The van der Waals surface area contributed by atoms with Gasteiger partial charge in [0.25, 0.3) is 0 Å². The van der Waals surface area contributed by atoms with Gasteiger partial charge >= 0.3 is 0 Å². The smallest absolute Gasteiger partial charge is 0.0991 e. The van der Waals surface area contributed by atoms with Crippen LogP contribution >= 0.6 is 0 Å². The lowest BCUT2D eigenvalue weighted by Crippen LogP contribution is -2.37. The van der Waals surface area contributed by atoms with Crippen LogP contribution in [0.2, 0.25) is 0 Å². The van der Waals surface area contributed by atoms with E-state index in [1.165, 1.54) is 0 Å². The summed E-state index contributed by atoms with van der Waals surface area (Å²) in [5.41, 5.74) is 1.46. The Morgan fingerprint density at radius 3 is 2.42 bits per heavy atom. The van der Waals surface area contributed by atoms with Crippen LogP contribution in [0.15, 0.2) is 24.3 Å². The van der Waals surface area contributed by atoms with Crippen molar-refractivity contribution in [1.29, 1.82) is 5.26 Å². The third-order valence-electron chi connectivity index (χ3n) is 3.82. The molecular weight excluding hydrogens is 240 g/mol. The van der Waals surface area contributed by atoms with E-state index in [0.29, 0.717) is 18.0 Å². The summed E-state index contributed by atoms with van der Waals surface area (Å²) in [4.78, 5) is 2.23. The minimum absolute atomic E-state index is 0.270. The number of β-amino-alcohol motifs (C(OH)–C–C–N with tert-alkyl or cyclic N) is 1. The third-order valence-corrected chi connectivity index (χ3v) is 3.82. The summed E-state index contributed by atoms with van der Waals surface area (Å²) in [5, 5.41) is 28.0. The van der Waals surface area contributed by atoms with E-state index in [9.17, 15) is 5.11 Å². The van der Waals surface area contributed by atoms with Crippen molar-refractivity contribution in [2.45, 2.75) is 18.9 Å². The van der Waals surface area contributed by atoms with E-state index >= 15 is 0 Å². The molecule has 1 aromatic rings. The van der Waals surface area contributed by atoms with Gasteiger partial charge in [0.15, 0.2) is 0 Å². The van der Waals surface area contributed by atoms with Crippen LogP contribution in [-0.2, 0) is 0 Å². The number of piperidine rings is 1. The zero-order valence-electron chi connectivity index (χ0n) is 11.0. The van der Waals surface area contributed by atoms with E-state index in [2.05, 4.69) is 11.0 Å². The first-order chi connectivity index (χ1) is 9.22. The lowest BCUT2D eigenvalue weighted by molar-refractivity contribution is 0.0763. The molecule has 4 heteroatoms. The fourth-order valence-corrected chi connectivity index (χ4v) is 2.48. The normalized spacial score (nSPS) is 19.0. The van der Waals surface area contributed by atoms with E-state index < -0.39 is 6.10 Å². The quantitative estimate of drug-likeness (QED) is 0.856. The average molecular weight is 260 g/mol. The van der Waals surface area contributed by atoms with E-state index in [4.69, 9.17) is 10.4 Å². The SMILES string of the molecule is N#Cc1ccc(C(O)CN2CCC(CO)CC2)cc1.